The largest absolute Gasteiger partial charge is 0.465 e. The molecule has 0 spiro atoms. The Morgan fingerprint density at radius 3 is 2.28 bits per heavy atom. The Balaban J connectivity index is 2.40. The number of hydrogen-bond donors (Lipinski definition) is 1. The van der Waals surface area contributed by atoms with E-state index < -0.39 is 5.97 Å². The predicted octanol–water partition coefficient (Wildman–Crippen LogP) is 5.14. The lowest BCUT2D eigenvalue weighted by Gasteiger charge is -2.13. The summed E-state index contributed by atoms with van der Waals surface area (Å²) in [5, 5.41) is 5.37. The number of amides is 1. The summed E-state index contributed by atoms with van der Waals surface area (Å²) in [6, 6.07) is 8.10. The van der Waals surface area contributed by atoms with Crippen molar-refractivity contribution in [2.24, 2.45) is 5.92 Å². The summed E-state index contributed by atoms with van der Waals surface area (Å²) in [4.78, 5) is 24.7. The molecule has 1 aromatic heterocycles. The van der Waals surface area contributed by atoms with Gasteiger partial charge in [0.2, 0.25) is 5.91 Å². The highest BCUT2D eigenvalue weighted by Crippen LogP contribution is 2.36. The van der Waals surface area contributed by atoms with E-state index in [2.05, 4.69) is 24.4 Å². The molecule has 1 amide bonds. The first kappa shape index (κ1) is 19.2. The molecule has 0 aliphatic carbocycles. The van der Waals surface area contributed by atoms with E-state index in [1.807, 2.05) is 31.4 Å². The van der Waals surface area contributed by atoms with Crippen molar-refractivity contribution in [2.75, 3.05) is 12.4 Å². The second-order valence-electron chi connectivity index (χ2n) is 5.90. The monoisotopic (exact) mass is 359 g/mol. The van der Waals surface area contributed by atoms with E-state index in [0.717, 1.165) is 30.4 Å². The van der Waals surface area contributed by atoms with Crippen LogP contribution in [0.15, 0.2) is 29.6 Å². The molecule has 0 fully saturated rings. The molecule has 0 aliphatic heterocycles. The van der Waals surface area contributed by atoms with Crippen molar-refractivity contribution in [2.45, 2.75) is 40.0 Å². The van der Waals surface area contributed by atoms with Crippen LogP contribution in [0.25, 0.3) is 11.1 Å². The van der Waals surface area contributed by atoms with Gasteiger partial charge in [0.05, 0.1) is 7.11 Å². The Kier molecular flexibility index (Phi) is 6.76. The van der Waals surface area contributed by atoms with Gasteiger partial charge in [-0.05, 0) is 30.4 Å². The van der Waals surface area contributed by atoms with Crippen LogP contribution >= 0.6 is 11.3 Å². The Hall–Kier alpha value is -2.14. The molecular formula is C20H25NO3S. The summed E-state index contributed by atoms with van der Waals surface area (Å²) in [6.45, 7) is 6.08. The molecule has 1 heterocycles. The number of thiophene rings is 1. The number of esters is 1. The first-order chi connectivity index (χ1) is 12.0. The van der Waals surface area contributed by atoms with Crippen LogP contribution in [-0.2, 0) is 16.0 Å². The van der Waals surface area contributed by atoms with Crippen molar-refractivity contribution >= 4 is 28.2 Å². The standard InChI is InChI=1S/C20H25NO3S/c1-5-13-8-10-15(11-9-13)16-12-25-19(17(16)20(23)24-4)21-18(22)14(6-2)7-3/h8-12,14H,5-7H2,1-4H3,(H,21,22). The first-order valence-corrected chi connectivity index (χ1v) is 9.53. The lowest BCUT2D eigenvalue weighted by atomic mass is 10.0. The number of ether oxygens (including phenoxy) is 1. The van der Waals surface area contributed by atoms with E-state index >= 15 is 0 Å². The summed E-state index contributed by atoms with van der Waals surface area (Å²) in [5.41, 5.74) is 3.40. The van der Waals surface area contributed by atoms with Gasteiger partial charge in [0, 0.05) is 16.9 Å². The number of rotatable bonds is 7. The first-order valence-electron chi connectivity index (χ1n) is 8.65. The maximum Gasteiger partial charge on any atom is 0.341 e. The molecule has 2 aromatic rings. The predicted molar refractivity (Wildman–Crippen MR) is 103 cm³/mol. The van der Waals surface area contributed by atoms with E-state index in [4.69, 9.17) is 4.74 Å². The molecule has 134 valence electrons. The van der Waals surface area contributed by atoms with Gasteiger partial charge >= 0.3 is 5.97 Å². The number of carbonyl (C=O) groups is 2. The van der Waals surface area contributed by atoms with Crippen molar-refractivity contribution in [3.8, 4) is 11.1 Å². The second kappa shape index (κ2) is 8.81. The number of benzene rings is 1. The van der Waals surface area contributed by atoms with Crippen LogP contribution in [0.5, 0.6) is 0 Å². The van der Waals surface area contributed by atoms with Crippen molar-refractivity contribution in [1.29, 1.82) is 0 Å². The number of anilines is 1. The van der Waals surface area contributed by atoms with Gasteiger partial charge in [-0.25, -0.2) is 4.79 Å². The van der Waals surface area contributed by atoms with Gasteiger partial charge in [0.25, 0.3) is 0 Å². The zero-order valence-corrected chi connectivity index (χ0v) is 16.0. The third-order valence-electron chi connectivity index (χ3n) is 4.45. The third kappa shape index (κ3) is 4.28. The third-order valence-corrected chi connectivity index (χ3v) is 5.34. The van der Waals surface area contributed by atoms with Crippen LogP contribution in [0.1, 0.15) is 49.5 Å². The Morgan fingerprint density at radius 2 is 1.76 bits per heavy atom. The van der Waals surface area contributed by atoms with E-state index in [0.29, 0.717) is 10.6 Å². The van der Waals surface area contributed by atoms with Crippen molar-refractivity contribution in [1.82, 2.24) is 0 Å². The smallest absolute Gasteiger partial charge is 0.341 e. The van der Waals surface area contributed by atoms with Crippen LogP contribution in [-0.4, -0.2) is 19.0 Å². The summed E-state index contributed by atoms with van der Waals surface area (Å²) in [5.74, 6) is -0.541. The molecule has 0 unspecified atom stereocenters. The molecule has 0 saturated carbocycles. The van der Waals surface area contributed by atoms with Crippen molar-refractivity contribution in [3.63, 3.8) is 0 Å². The Labute approximate surface area is 153 Å². The number of methoxy groups -OCH3 is 1. The molecule has 0 saturated heterocycles. The van der Waals surface area contributed by atoms with Gasteiger partial charge in [-0.3, -0.25) is 4.79 Å². The molecular weight excluding hydrogens is 334 g/mol. The van der Waals surface area contributed by atoms with Gasteiger partial charge in [0.1, 0.15) is 10.6 Å². The molecule has 0 atom stereocenters. The van der Waals surface area contributed by atoms with Gasteiger partial charge in [-0.15, -0.1) is 11.3 Å². The van der Waals surface area contributed by atoms with Crippen LogP contribution in [0, 0.1) is 5.92 Å². The van der Waals surface area contributed by atoms with Crippen LogP contribution in [0.4, 0.5) is 5.00 Å². The lowest BCUT2D eigenvalue weighted by molar-refractivity contribution is -0.120. The number of nitrogens with one attached hydrogen (secondary N) is 1. The molecule has 0 radical (unpaired) electrons. The molecule has 0 aliphatic rings. The van der Waals surface area contributed by atoms with Gasteiger partial charge in [0.15, 0.2) is 0 Å². The lowest BCUT2D eigenvalue weighted by Crippen LogP contribution is -2.22. The fourth-order valence-corrected chi connectivity index (χ4v) is 3.72. The Bertz CT molecular complexity index is 730. The topological polar surface area (TPSA) is 55.4 Å². The quantitative estimate of drug-likeness (QED) is 0.697. The van der Waals surface area contributed by atoms with E-state index in [1.165, 1.54) is 24.0 Å². The van der Waals surface area contributed by atoms with Gasteiger partial charge < -0.3 is 10.1 Å². The fraction of sp³-hybridized carbons (Fsp3) is 0.400. The maximum absolute atomic E-state index is 12.4. The van der Waals surface area contributed by atoms with E-state index in [9.17, 15) is 9.59 Å². The van der Waals surface area contributed by atoms with Crippen molar-refractivity contribution in [3.05, 3.63) is 40.8 Å². The summed E-state index contributed by atoms with van der Waals surface area (Å²) in [6.07, 6.45) is 2.50. The highest BCUT2D eigenvalue weighted by molar-refractivity contribution is 7.15. The van der Waals surface area contributed by atoms with Crippen molar-refractivity contribution < 1.29 is 14.3 Å². The minimum absolute atomic E-state index is 0.0510. The number of aryl methyl sites for hydroxylation is 1. The molecule has 1 N–H and O–H groups in total. The fourth-order valence-electron chi connectivity index (χ4n) is 2.76. The molecule has 5 heteroatoms. The SMILES string of the molecule is CCc1ccc(-c2csc(NC(=O)C(CC)CC)c2C(=O)OC)cc1. The normalized spacial score (nSPS) is 10.8. The van der Waals surface area contributed by atoms with E-state index in [1.54, 1.807) is 0 Å². The second-order valence-corrected chi connectivity index (χ2v) is 6.78. The Morgan fingerprint density at radius 1 is 1.12 bits per heavy atom. The van der Waals surface area contributed by atoms with E-state index in [-0.39, 0.29) is 11.8 Å². The zero-order valence-electron chi connectivity index (χ0n) is 15.2. The molecule has 0 bridgehead atoms. The van der Waals surface area contributed by atoms with Crippen LogP contribution in [0.3, 0.4) is 0 Å². The highest BCUT2D eigenvalue weighted by atomic mass is 32.1. The van der Waals surface area contributed by atoms with Crippen LogP contribution < -0.4 is 5.32 Å². The molecule has 2 rings (SSSR count). The number of carbonyl (C=O) groups excluding carboxylic acids is 2. The maximum atomic E-state index is 12.4. The minimum Gasteiger partial charge on any atom is -0.465 e. The zero-order chi connectivity index (χ0) is 18.4. The van der Waals surface area contributed by atoms with Crippen LogP contribution in [0.2, 0.25) is 0 Å². The minimum atomic E-state index is -0.435. The molecule has 4 nitrogen and oxygen atoms in total. The van der Waals surface area contributed by atoms with Gasteiger partial charge in [-0.2, -0.15) is 0 Å². The summed E-state index contributed by atoms with van der Waals surface area (Å²) < 4.78 is 4.95. The highest BCUT2D eigenvalue weighted by Gasteiger charge is 2.24. The van der Waals surface area contributed by atoms with Gasteiger partial charge in [-0.1, -0.05) is 45.0 Å². The molecule has 1 aromatic carbocycles. The summed E-state index contributed by atoms with van der Waals surface area (Å²) in [7, 11) is 1.36. The molecule has 25 heavy (non-hydrogen) atoms. The average molecular weight is 359 g/mol. The summed E-state index contributed by atoms with van der Waals surface area (Å²) >= 11 is 1.36. The average Bonchev–Trinajstić information content (AvgIpc) is 3.05. The number of hydrogen-bond acceptors (Lipinski definition) is 4.